The third-order valence-corrected chi connectivity index (χ3v) is 6.85. The number of benzene rings is 1. The molecular weight excluding hydrogens is 517 g/mol. The summed E-state index contributed by atoms with van der Waals surface area (Å²) in [7, 11) is 0. The molecule has 0 radical (unpaired) electrons. The van der Waals surface area contributed by atoms with Gasteiger partial charge in [-0.2, -0.15) is 13.2 Å². The summed E-state index contributed by atoms with van der Waals surface area (Å²) < 4.78 is 38.3. The molecule has 0 spiro atoms. The largest absolute Gasteiger partial charge is 0.416 e. The number of carbonyl (C=O) groups excluding carboxylic acids is 4. The first-order valence-electron chi connectivity index (χ1n) is 13.2. The number of nitrogens with zero attached hydrogens (tertiary/aromatic N) is 1. The minimum Gasteiger partial charge on any atom is -0.349 e. The van der Waals surface area contributed by atoms with E-state index in [-0.39, 0.29) is 23.9 Å². The second kappa shape index (κ2) is 13.8. The minimum atomic E-state index is -4.48. The summed E-state index contributed by atoms with van der Waals surface area (Å²) in [6.07, 6.45) is -1.84. The zero-order valence-electron chi connectivity index (χ0n) is 22.9. The lowest BCUT2D eigenvalue weighted by Crippen LogP contribution is -2.58. The summed E-state index contributed by atoms with van der Waals surface area (Å²) in [6.45, 7) is 8.09. The smallest absolute Gasteiger partial charge is 0.349 e. The lowest BCUT2D eigenvalue weighted by atomic mass is 9.84. The molecule has 0 aromatic heterocycles. The van der Waals surface area contributed by atoms with Crippen LogP contribution in [0.2, 0.25) is 0 Å². The molecule has 0 bridgehead atoms. The first-order chi connectivity index (χ1) is 18.2. The van der Waals surface area contributed by atoms with Gasteiger partial charge in [0.1, 0.15) is 6.04 Å². The van der Waals surface area contributed by atoms with Gasteiger partial charge in [0.15, 0.2) is 0 Å². The normalized spacial score (nSPS) is 16.3. The third-order valence-electron chi connectivity index (χ3n) is 6.85. The Labute approximate surface area is 226 Å². The fourth-order valence-electron chi connectivity index (χ4n) is 4.46. The first kappa shape index (κ1) is 32.1. The number of piperidine rings is 1. The summed E-state index contributed by atoms with van der Waals surface area (Å²) in [5.74, 6) is -2.56. The number of alkyl halides is 3. The maximum absolute atomic E-state index is 13.5. The van der Waals surface area contributed by atoms with Gasteiger partial charge in [0.05, 0.1) is 5.56 Å². The van der Waals surface area contributed by atoms with Crippen LogP contribution in [-0.4, -0.2) is 58.9 Å². The van der Waals surface area contributed by atoms with Gasteiger partial charge in [0.2, 0.25) is 17.7 Å². The standard InChI is InChI=1S/C27H39F3N4O5/c1-5-6-7-18(16-21(35)33-39)24(37)32-22(26(2,3)4)25(38)34-14-12-20(13-15-34)31-23(36)17-8-10-19(11-9-17)27(28,29)30/h8-11,18,20,22,39H,5-7,12-16H2,1-4H3,(H,31,36)(H,32,37)(H,33,35)/t18-,22-/m1/s1. The van der Waals surface area contributed by atoms with Crippen molar-refractivity contribution in [1.82, 2.24) is 21.0 Å². The highest BCUT2D eigenvalue weighted by Crippen LogP contribution is 2.29. The van der Waals surface area contributed by atoms with Crippen molar-refractivity contribution in [3.05, 3.63) is 35.4 Å². The quantitative estimate of drug-likeness (QED) is 0.258. The highest BCUT2D eigenvalue weighted by Gasteiger charge is 2.38. The molecule has 1 aliphatic heterocycles. The number of hydroxylamine groups is 1. The van der Waals surface area contributed by atoms with Crippen LogP contribution in [0.15, 0.2) is 24.3 Å². The molecule has 1 saturated heterocycles. The molecular formula is C27H39F3N4O5. The summed E-state index contributed by atoms with van der Waals surface area (Å²) in [5, 5.41) is 14.5. The van der Waals surface area contributed by atoms with Gasteiger partial charge in [-0.25, -0.2) is 5.48 Å². The van der Waals surface area contributed by atoms with E-state index in [2.05, 4.69) is 10.6 Å². The Morgan fingerprint density at radius 2 is 1.64 bits per heavy atom. The first-order valence-corrected chi connectivity index (χ1v) is 13.2. The molecule has 4 amide bonds. The van der Waals surface area contributed by atoms with Crippen molar-refractivity contribution in [1.29, 1.82) is 0 Å². The summed E-state index contributed by atoms with van der Waals surface area (Å²) in [5.41, 5.74) is 0.204. The van der Waals surface area contributed by atoms with Gasteiger partial charge < -0.3 is 15.5 Å². The van der Waals surface area contributed by atoms with Crippen molar-refractivity contribution in [2.75, 3.05) is 13.1 Å². The lowest BCUT2D eigenvalue weighted by molar-refractivity contribution is -0.142. The van der Waals surface area contributed by atoms with Crippen molar-refractivity contribution in [3.63, 3.8) is 0 Å². The van der Waals surface area contributed by atoms with Gasteiger partial charge in [-0.3, -0.25) is 24.4 Å². The van der Waals surface area contributed by atoms with Crippen molar-refractivity contribution in [2.24, 2.45) is 11.3 Å². The number of hydrogen-bond donors (Lipinski definition) is 4. The zero-order chi connectivity index (χ0) is 29.4. The maximum Gasteiger partial charge on any atom is 0.416 e. The van der Waals surface area contributed by atoms with Crippen LogP contribution in [0.3, 0.4) is 0 Å². The van der Waals surface area contributed by atoms with Crippen LogP contribution in [0.4, 0.5) is 13.2 Å². The van der Waals surface area contributed by atoms with Crippen molar-refractivity contribution in [2.45, 2.75) is 84.5 Å². The maximum atomic E-state index is 13.5. The summed E-state index contributed by atoms with van der Waals surface area (Å²) in [6, 6.07) is 2.86. The second-order valence-electron chi connectivity index (χ2n) is 11.0. The van der Waals surface area contributed by atoms with E-state index in [1.165, 1.54) is 0 Å². The Bertz CT molecular complexity index is 1000. The van der Waals surface area contributed by atoms with Gasteiger partial charge >= 0.3 is 6.18 Å². The Kier molecular flexibility index (Phi) is 11.3. The molecule has 4 N–H and O–H groups in total. The average molecular weight is 557 g/mol. The van der Waals surface area contributed by atoms with E-state index in [1.807, 2.05) is 27.7 Å². The van der Waals surface area contributed by atoms with Crippen LogP contribution in [0.1, 0.15) is 82.1 Å². The van der Waals surface area contributed by atoms with Crippen LogP contribution < -0.4 is 16.1 Å². The molecule has 12 heteroatoms. The molecule has 2 rings (SSSR count). The molecule has 39 heavy (non-hydrogen) atoms. The molecule has 0 unspecified atom stereocenters. The van der Waals surface area contributed by atoms with Crippen molar-refractivity contribution < 1.29 is 37.6 Å². The van der Waals surface area contributed by atoms with E-state index < -0.39 is 46.8 Å². The van der Waals surface area contributed by atoms with Crippen molar-refractivity contribution >= 4 is 23.6 Å². The topological polar surface area (TPSA) is 128 Å². The Morgan fingerprint density at radius 1 is 1.05 bits per heavy atom. The average Bonchev–Trinajstić information content (AvgIpc) is 2.88. The predicted molar refractivity (Wildman–Crippen MR) is 137 cm³/mol. The highest BCUT2D eigenvalue weighted by molar-refractivity contribution is 5.94. The van der Waals surface area contributed by atoms with Crippen LogP contribution in [-0.2, 0) is 20.6 Å². The molecule has 218 valence electrons. The van der Waals surface area contributed by atoms with Crippen LogP contribution in [0, 0.1) is 11.3 Å². The predicted octanol–water partition coefficient (Wildman–Crippen LogP) is 3.66. The van der Waals surface area contributed by atoms with Crippen LogP contribution in [0.5, 0.6) is 0 Å². The Morgan fingerprint density at radius 3 is 2.13 bits per heavy atom. The fourth-order valence-corrected chi connectivity index (χ4v) is 4.46. The monoisotopic (exact) mass is 556 g/mol. The molecule has 9 nitrogen and oxygen atoms in total. The van der Waals surface area contributed by atoms with E-state index in [0.29, 0.717) is 38.8 Å². The number of hydrogen-bond acceptors (Lipinski definition) is 5. The van der Waals surface area contributed by atoms with Crippen LogP contribution in [0.25, 0.3) is 0 Å². The van der Waals surface area contributed by atoms with E-state index in [0.717, 1.165) is 30.7 Å². The lowest BCUT2D eigenvalue weighted by Gasteiger charge is -2.39. The van der Waals surface area contributed by atoms with E-state index in [1.54, 1.807) is 10.4 Å². The number of amides is 4. The molecule has 0 saturated carbocycles. The molecule has 1 aromatic carbocycles. The Balaban J connectivity index is 2.00. The molecule has 1 heterocycles. The number of carbonyl (C=O) groups is 4. The molecule has 1 fully saturated rings. The number of unbranched alkanes of at least 4 members (excludes halogenated alkanes) is 1. The summed E-state index contributed by atoms with van der Waals surface area (Å²) >= 11 is 0. The van der Waals surface area contributed by atoms with Gasteiger partial charge in [-0.15, -0.1) is 0 Å². The summed E-state index contributed by atoms with van der Waals surface area (Å²) in [4.78, 5) is 52.4. The minimum absolute atomic E-state index is 0.115. The highest BCUT2D eigenvalue weighted by atomic mass is 19.4. The van der Waals surface area contributed by atoms with Gasteiger partial charge in [-0.1, -0.05) is 40.5 Å². The van der Waals surface area contributed by atoms with E-state index in [9.17, 15) is 32.3 Å². The van der Waals surface area contributed by atoms with Gasteiger partial charge in [0, 0.05) is 37.0 Å². The van der Waals surface area contributed by atoms with Gasteiger partial charge in [-0.05, 0) is 48.9 Å². The fraction of sp³-hybridized carbons (Fsp3) is 0.630. The SMILES string of the molecule is CCCC[C@H](CC(=O)NO)C(=O)N[C@H](C(=O)N1CCC(NC(=O)c2ccc(C(F)(F)F)cc2)CC1)C(C)(C)C. The van der Waals surface area contributed by atoms with E-state index in [4.69, 9.17) is 5.21 Å². The zero-order valence-corrected chi connectivity index (χ0v) is 22.9. The second-order valence-corrected chi connectivity index (χ2v) is 11.0. The molecule has 1 aliphatic rings. The number of rotatable bonds is 10. The van der Waals surface area contributed by atoms with Gasteiger partial charge in [0.25, 0.3) is 5.91 Å². The molecule has 2 atom stereocenters. The Hall–Kier alpha value is -3.15. The van der Waals surface area contributed by atoms with Crippen LogP contribution >= 0.6 is 0 Å². The number of halogens is 3. The number of likely N-dealkylation sites (tertiary alicyclic amines) is 1. The molecule has 1 aromatic rings. The van der Waals surface area contributed by atoms with E-state index >= 15 is 0 Å². The van der Waals surface area contributed by atoms with Crippen molar-refractivity contribution in [3.8, 4) is 0 Å². The molecule has 0 aliphatic carbocycles. The number of nitrogens with one attached hydrogen (secondary N) is 3. The third kappa shape index (κ3) is 9.52.